The Labute approximate surface area is 282 Å². The molecule has 4 saturated carbocycles. The first-order valence-electron chi connectivity index (χ1n) is 18.1. The summed E-state index contributed by atoms with van der Waals surface area (Å²) >= 11 is 0. The number of methoxy groups -OCH3 is 2. The van der Waals surface area contributed by atoms with Crippen LogP contribution >= 0.6 is 0 Å². The Morgan fingerprint density at radius 3 is 2.34 bits per heavy atom. The Morgan fingerprint density at radius 1 is 0.915 bits per heavy atom. The SMILES string of the molecule is C=C(C)[C@@H]1CC[C@]2(c3nnc(COC)o3)CC[C@]3(C)[C@H](CC[C@@H]4[C@@]5(C)CC=C(c6ccc(C(=O)OC)cc6)C(C)(C)[C@@H]5CC[C@]43C)[C@@H]12. The minimum atomic E-state index is -0.281. The van der Waals surface area contributed by atoms with Gasteiger partial charge in [0.1, 0.15) is 6.61 Å². The van der Waals surface area contributed by atoms with Gasteiger partial charge in [0, 0.05) is 7.11 Å². The van der Waals surface area contributed by atoms with Crippen LogP contribution in [0, 0.1) is 51.2 Å². The molecular weight excluding hydrogens is 584 g/mol. The van der Waals surface area contributed by atoms with Crippen molar-refractivity contribution in [3.8, 4) is 0 Å². The van der Waals surface area contributed by atoms with E-state index in [0.717, 1.165) is 31.6 Å². The molecule has 5 aliphatic carbocycles. The number of hydrogen-bond donors (Lipinski definition) is 0. The van der Waals surface area contributed by atoms with E-state index >= 15 is 0 Å². The lowest BCUT2D eigenvalue weighted by Crippen LogP contribution is -2.65. The first kappa shape index (κ1) is 32.8. The molecular formula is C41H56N2O4. The lowest BCUT2D eigenvalue weighted by Gasteiger charge is -2.72. The van der Waals surface area contributed by atoms with E-state index in [4.69, 9.17) is 19.0 Å². The van der Waals surface area contributed by atoms with E-state index in [9.17, 15) is 4.79 Å². The molecule has 0 aliphatic heterocycles. The van der Waals surface area contributed by atoms with Crippen molar-refractivity contribution in [2.24, 2.45) is 51.2 Å². The standard InChI is InChI=1S/C41H56N2O4/c1-25(2)28-16-21-41(36-43-42-33(47-36)24-45-8)23-22-39(6)30(34(28)41)14-15-32-38(5)19-17-29(26-10-12-27(13-11-26)35(44)46-9)37(3,4)31(38)18-20-40(32,39)7/h10-13,17,28,30-32,34H,1,14-16,18-24H2,2-9H3/t28-,30+,31-,32+,34+,38-,39+,40+,41-/m0/s1. The van der Waals surface area contributed by atoms with Crippen molar-refractivity contribution >= 4 is 11.5 Å². The van der Waals surface area contributed by atoms with Crippen LogP contribution in [-0.2, 0) is 21.5 Å². The van der Waals surface area contributed by atoms with Gasteiger partial charge in [-0.3, -0.25) is 0 Å². The predicted molar refractivity (Wildman–Crippen MR) is 184 cm³/mol. The van der Waals surface area contributed by atoms with Gasteiger partial charge in [-0.05, 0) is 139 Å². The highest BCUT2D eigenvalue weighted by molar-refractivity contribution is 5.89. The second kappa shape index (κ2) is 11.1. The van der Waals surface area contributed by atoms with Crippen LogP contribution in [-0.4, -0.2) is 30.4 Å². The summed E-state index contributed by atoms with van der Waals surface area (Å²) < 4.78 is 16.7. The van der Waals surface area contributed by atoms with E-state index in [1.165, 1.54) is 55.9 Å². The van der Waals surface area contributed by atoms with E-state index in [1.54, 1.807) is 7.11 Å². The zero-order chi connectivity index (χ0) is 33.6. The maximum Gasteiger partial charge on any atom is 0.337 e. The van der Waals surface area contributed by atoms with Gasteiger partial charge in [0.25, 0.3) is 0 Å². The molecule has 0 amide bonds. The number of fused-ring (bicyclic) bond motifs is 7. The molecule has 0 spiro atoms. The van der Waals surface area contributed by atoms with E-state index in [0.29, 0.717) is 47.7 Å². The zero-order valence-electron chi connectivity index (χ0n) is 30.1. The Kier molecular flexibility index (Phi) is 7.78. The third-order valence-corrected chi connectivity index (χ3v) is 15.4. The van der Waals surface area contributed by atoms with Gasteiger partial charge in [-0.1, -0.05) is 65.0 Å². The smallest absolute Gasteiger partial charge is 0.337 e. The fourth-order valence-corrected chi connectivity index (χ4v) is 13.2. The van der Waals surface area contributed by atoms with Gasteiger partial charge < -0.3 is 13.9 Å². The maximum atomic E-state index is 12.1. The number of carbonyl (C=O) groups is 1. The Balaban J connectivity index is 1.23. The molecule has 6 nitrogen and oxygen atoms in total. The Bertz CT molecular complexity index is 1590. The van der Waals surface area contributed by atoms with Crippen molar-refractivity contribution < 1.29 is 18.7 Å². The molecule has 1 heterocycles. The number of hydrogen-bond acceptors (Lipinski definition) is 6. The van der Waals surface area contributed by atoms with Gasteiger partial charge >= 0.3 is 5.97 Å². The third kappa shape index (κ3) is 4.48. The van der Waals surface area contributed by atoms with Crippen molar-refractivity contribution in [1.82, 2.24) is 10.2 Å². The molecule has 1 aromatic carbocycles. The largest absolute Gasteiger partial charge is 0.465 e. The van der Waals surface area contributed by atoms with Crippen LogP contribution in [0.1, 0.15) is 127 Å². The number of nitrogens with zero attached hydrogens (tertiary/aromatic N) is 2. The van der Waals surface area contributed by atoms with Crippen LogP contribution in [0.4, 0.5) is 0 Å². The lowest BCUT2D eigenvalue weighted by atomic mass is 9.32. The summed E-state index contributed by atoms with van der Waals surface area (Å²) in [5, 5.41) is 9.15. The highest BCUT2D eigenvalue weighted by Crippen LogP contribution is 2.77. The molecule has 9 atom stereocenters. The van der Waals surface area contributed by atoms with Crippen molar-refractivity contribution in [3.63, 3.8) is 0 Å². The summed E-state index contributed by atoms with van der Waals surface area (Å²) in [7, 11) is 3.13. The second-order valence-corrected chi connectivity index (χ2v) is 17.4. The average molecular weight is 641 g/mol. The lowest BCUT2D eigenvalue weighted by molar-refractivity contribution is -0.219. The Morgan fingerprint density at radius 2 is 1.66 bits per heavy atom. The maximum absolute atomic E-state index is 12.1. The summed E-state index contributed by atoms with van der Waals surface area (Å²) in [6.45, 7) is 20.2. The number of allylic oxidation sites excluding steroid dienone is 3. The van der Waals surface area contributed by atoms with E-state index in [1.807, 2.05) is 12.1 Å². The van der Waals surface area contributed by atoms with E-state index in [2.05, 4.69) is 71.4 Å². The van der Waals surface area contributed by atoms with Crippen LogP contribution in [0.15, 0.2) is 46.9 Å². The van der Waals surface area contributed by atoms with Gasteiger partial charge in [-0.25, -0.2) is 4.79 Å². The van der Waals surface area contributed by atoms with Gasteiger partial charge in [-0.2, -0.15) is 0 Å². The molecule has 2 aromatic rings. The predicted octanol–water partition coefficient (Wildman–Crippen LogP) is 9.61. The summed E-state index contributed by atoms with van der Waals surface area (Å²) in [6, 6.07) is 8.08. The summed E-state index contributed by atoms with van der Waals surface area (Å²) in [6.07, 6.45) is 13.4. The van der Waals surface area contributed by atoms with Gasteiger partial charge in [0.05, 0.1) is 18.1 Å². The van der Waals surface area contributed by atoms with Crippen molar-refractivity contribution in [3.05, 3.63) is 65.4 Å². The fraction of sp³-hybridized carbons (Fsp3) is 0.683. The van der Waals surface area contributed by atoms with Crippen LogP contribution < -0.4 is 0 Å². The van der Waals surface area contributed by atoms with Crippen molar-refractivity contribution in [2.45, 2.75) is 111 Å². The molecule has 0 radical (unpaired) electrons. The minimum absolute atomic E-state index is 0.0367. The number of rotatable bonds is 6. The number of esters is 1. The molecule has 0 unspecified atom stereocenters. The monoisotopic (exact) mass is 640 g/mol. The number of carbonyl (C=O) groups excluding carboxylic acids is 1. The van der Waals surface area contributed by atoms with Crippen LogP contribution in [0.5, 0.6) is 0 Å². The van der Waals surface area contributed by atoms with Gasteiger partial charge in [-0.15, -0.1) is 10.2 Å². The van der Waals surface area contributed by atoms with Gasteiger partial charge in [0.15, 0.2) is 0 Å². The van der Waals surface area contributed by atoms with Gasteiger partial charge in [0.2, 0.25) is 11.8 Å². The third-order valence-electron chi connectivity index (χ3n) is 15.4. The molecule has 5 aliphatic rings. The first-order chi connectivity index (χ1) is 22.3. The fourth-order valence-electron chi connectivity index (χ4n) is 13.2. The van der Waals surface area contributed by atoms with Crippen molar-refractivity contribution in [2.75, 3.05) is 14.2 Å². The average Bonchev–Trinajstić information content (AvgIpc) is 3.67. The molecule has 0 N–H and O–H groups in total. The topological polar surface area (TPSA) is 74.5 Å². The minimum Gasteiger partial charge on any atom is -0.465 e. The van der Waals surface area contributed by atoms with E-state index < -0.39 is 0 Å². The molecule has 6 heteroatoms. The number of ether oxygens (including phenoxy) is 2. The highest BCUT2D eigenvalue weighted by atomic mass is 16.5. The number of benzene rings is 1. The quantitative estimate of drug-likeness (QED) is 0.231. The molecule has 7 rings (SSSR count). The second-order valence-electron chi connectivity index (χ2n) is 17.4. The number of aromatic nitrogens is 2. The van der Waals surface area contributed by atoms with E-state index in [-0.39, 0.29) is 33.0 Å². The molecule has 0 saturated heterocycles. The molecule has 0 bridgehead atoms. The van der Waals surface area contributed by atoms with Crippen LogP contribution in [0.25, 0.3) is 5.57 Å². The molecule has 254 valence electrons. The molecule has 1 aromatic heterocycles. The van der Waals surface area contributed by atoms with Crippen LogP contribution in [0.2, 0.25) is 0 Å². The Hall–Kier alpha value is -2.73. The summed E-state index contributed by atoms with van der Waals surface area (Å²) in [5.74, 6) is 4.03. The molecule has 4 fully saturated rings. The summed E-state index contributed by atoms with van der Waals surface area (Å²) in [5.41, 5.74) is 5.31. The highest BCUT2D eigenvalue weighted by Gasteiger charge is 2.71. The van der Waals surface area contributed by atoms with Crippen molar-refractivity contribution in [1.29, 1.82) is 0 Å². The normalized spacial score (nSPS) is 40.3. The summed E-state index contributed by atoms with van der Waals surface area (Å²) in [4.78, 5) is 12.1. The van der Waals surface area contributed by atoms with Crippen LogP contribution in [0.3, 0.4) is 0 Å². The molecule has 47 heavy (non-hydrogen) atoms. The first-order valence-corrected chi connectivity index (χ1v) is 18.1. The zero-order valence-corrected chi connectivity index (χ0v) is 30.1.